The molecule has 0 aromatic heterocycles. The van der Waals surface area contributed by atoms with Crippen LogP contribution in [-0.4, -0.2) is 27.5 Å². The van der Waals surface area contributed by atoms with E-state index >= 15 is 0 Å². The first kappa shape index (κ1) is 25.5. The number of halogens is 5. The van der Waals surface area contributed by atoms with Crippen LogP contribution in [0.25, 0.3) is 11.1 Å². The van der Waals surface area contributed by atoms with Gasteiger partial charge in [0.05, 0.1) is 17.0 Å². The lowest BCUT2D eigenvalue weighted by atomic mass is 10.0. The number of amides is 1. The van der Waals surface area contributed by atoms with Gasteiger partial charge in [0.1, 0.15) is 22.6 Å². The van der Waals surface area contributed by atoms with Gasteiger partial charge in [0.15, 0.2) is 0 Å². The third-order valence-electron chi connectivity index (χ3n) is 4.92. The van der Waals surface area contributed by atoms with E-state index in [1.54, 1.807) is 13.0 Å². The predicted molar refractivity (Wildman–Crippen MR) is 119 cm³/mol. The summed E-state index contributed by atoms with van der Waals surface area (Å²) in [5.41, 5.74) is 0.363. The number of alkyl halides is 3. The highest BCUT2D eigenvalue weighted by atomic mass is 32.2. The Bertz CT molecular complexity index is 1170. The van der Waals surface area contributed by atoms with Gasteiger partial charge in [-0.05, 0) is 71.3 Å². The van der Waals surface area contributed by atoms with Crippen LogP contribution >= 0.6 is 0 Å². The topological polar surface area (TPSA) is 49.4 Å². The second-order valence-corrected chi connectivity index (χ2v) is 8.85. The summed E-state index contributed by atoms with van der Waals surface area (Å²) in [7, 11) is -1.67. The van der Waals surface area contributed by atoms with Crippen molar-refractivity contribution in [3.8, 4) is 11.1 Å². The second-order valence-electron chi connectivity index (χ2n) is 7.36. The van der Waals surface area contributed by atoms with Gasteiger partial charge in [-0.3, -0.25) is 4.79 Å². The Labute approximate surface area is 196 Å². The van der Waals surface area contributed by atoms with Crippen molar-refractivity contribution in [1.29, 1.82) is 0 Å². The lowest BCUT2D eigenvalue weighted by Gasteiger charge is -2.19. The van der Waals surface area contributed by atoms with Crippen molar-refractivity contribution < 1.29 is 31.0 Å². The van der Waals surface area contributed by atoms with Crippen LogP contribution in [-0.2, 0) is 28.5 Å². The fraction of sp³-hybridized carbons (Fsp3) is 0.208. The minimum atomic E-state index is -4.47. The predicted octanol–water partition coefficient (Wildman–Crippen LogP) is 5.31. The summed E-state index contributed by atoms with van der Waals surface area (Å²) in [5, 5.41) is 2.62. The largest absolute Gasteiger partial charge is 0.416 e. The Kier molecular flexibility index (Phi) is 8.16. The minimum Gasteiger partial charge on any atom is -0.351 e. The van der Waals surface area contributed by atoms with E-state index in [-0.39, 0.29) is 19.6 Å². The van der Waals surface area contributed by atoms with Gasteiger partial charge in [0.2, 0.25) is 5.91 Å². The molecule has 0 bridgehead atoms. The molecule has 0 aliphatic rings. The Morgan fingerprint density at radius 3 is 2.15 bits per heavy atom. The van der Waals surface area contributed by atoms with E-state index in [1.165, 1.54) is 52.8 Å². The third-order valence-corrected chi connectivity index (χ3v) is 6.45. The summed E-state index contributed by atoms with van der Waals surface area (Å²) in [6.45, 7) is 1.76. The van der Waals surface area contributed by atoms with Crippen LogP contribution in [0.4, 0.5) is 22.0 Å². The zero-order valence-corrected chi connectivity index (χ0v) is 18.9. The van der Waals surface area contributed by atoms with Gasteiger partial charge in [0, 0.05) is 13.1 Å². The van der Waals surface area contributed by atoms with E-state index in [2.05, 4.69) is 5.32 Å². The van der Waals surface area contributed by atoms with Crippen molar-refractivity contribution in [2.75, 3.05) is 13.1 Å². The van der Waals surface area contributed by atoms with Crippen LogP contribution < -0.4 is 5.32 Å². The number of rotatable bonds is 8. The number of nitrogens with zero attached hydrogens (tertiary/aromatic N) is 1. The molecule has 0 radical (unpaired) electrons. The Balaban J connectivity index is 1.65. The number of nitrogens with one attached hydrogen (secondary N) is 1. The molecule has 0 aliphatic carbocycles. The number of benzene rings is 3. The van der Waals surface area contributed by atoms with E-state index in [9.17, 15) is 31.0 Å². The molecule has 10 heteroatoms. The number of hydrogen-bond donors (Lipinski definition) is 1. The summed E-state index contributed by atoms with van der Waals surface area (Å²) in [5.74, 6) is -1.53. The first-order chi connectivity index (χ1) is 16.1. The molecule has 3 rings (SSSR count). The highest BCUT2D eigenvalue weighted by Gasteiger charge is 2.30. The first-order valence-electron chi connectivity index (χ1n) is 10.2. The second kappa shape index (κ2) is 10.9. The van der Waals surface area contributed by atoms with E-state index in [1.807, 2.05) is 0 Å². The normalized spacial score (nSPS) is 12.6. The maximum atomic E-state index is 14.1. The molecule has 180 valence electrons. The van der Waals surface area contributed by atoms with Gasteiger partial charge < -0.3 is 5.32 Å². The van der Waals surface area contributed by atoms with Gasteiger partial charge in [-0.15, -0.1) is 0 Å². The zero-order valence-electron chi connectivity index (χ0n) is 18.0. The molecule has 0 aliphatic heterocycles. The fourth-order valence-corrected chi connectivity index (χ4v) is 4.31. The van der Waals surface area contributed by atoms with Gasteiger partial charge in [-0.2, -0.15) is 13.2 Å². The molecular weight excluding hydrogens is 475 g/mol. The SMILES string of the molecule is CCN(CC(=O)NCc1cc(F)cc(-c2ccc(C(F)(F)F)cc2)c1)S(=O)c1ccc(F)cc1. The van der Waals surface area contributed by atoms with Crippen molar-refractivity contribution in [2.45, 2.75) is 24.5 Å². The molecule has 1 N–H and O–H groups in total. The summed E-state index contributed by atoms with van der Waals surface area (Å²) >= 11 is 0. The van der Waals surface area contributed by atoms with Gasteiger partial charge in [0.25, 0.3) is 0 Å². The molecule has 3 aromatic carbocycles. The fourth-order valence-electron chi connectivity index (χ4n) is 3.18. The molecule has 34 heavy (non-hydrogen) atoms. The van der Waals surface area contributed by atoms with E-state index in [4.69, 9.17) is 0 Å². The van der Waals surface area contributed by atoms with Crippen molar-refractivity contribution in [3.63, 3.8) is 0 Å². The molecule has 0 saturated heterocycles. The van der Waals surface area contributed by atoms with Crippen LogP contribution in [0.5, 0.6) is 0 Å². The molecule has 0 heterocycles. The third kappa shape index (κ3) is 6.71. The Morgan fingerprint density at radius 1 is 0.912 bits per heavy atom. The molecule has 0 saturated carbocycles. The molecule has 3 aromatic rings. The molecular formula is C24H21F5N2O2S. The summed E-state index contributed by atoms with van der Waals surface area (Å²) < 4.78 is 79.5. The first-order valence-corrected chi connectivity index (χ1v) is 11.3. The lowest BCUT2D eigenvalue weighted by molar-refractivity contribution is -0.137. The van der Waals surface area contributed by atoms with Crippen molar-refractivity contribution in [2.24, 2.45) is 0 Å². The monoisotopic (exact) mass is 496 g/mol. The van der Waals surface area contributed by atoms with Gasteiger partial charge >= 0.3 is 6.18 Å². The Morgan fingerprint density at radius 2 is 1.56 bits per heavy atom. The lowest BCUT2D eigenvalue weighted by Crippen LogP contribution is -2.37. The number of carbonyl (C=O) groups excluding carboxylic acids is 1. The molecule has 0 spiro atoms. The standard InChI is InChI=1S/C24H21F5N2O2S/c1-2-31(34(33)22-9-7-20(25)8-10-22)15-23(32)30-14-16-11-18(13-21(26)12-16)17-3-5-19(6-4-17)24(27,28)29/h3-13H,2,14-15H2,1H3,(H,30,32). The maximum absolute atomic E-state index is 14.1. The van der Waals surface area contributed by atoms with Crippen LogP contribution in [0.15, 0.2) is 71.6 Å². The smallest absolute Gasteiger partial charge is 0.351 e. The van der Waals surface area contributed by atoms with E-state index in [0.29, 0.717) is 21.6 Å². The highest BCUT2D eigenvalue weighted by molar-refractivity contribution is 7.82. The minimum absolute atomic E-state index is 0.0367. The number of carbonyl (C=O) groups is 1. The summed E-state index contributed by atoms with van der Waals surface area (Å²) in [6.07, 6.45) is -4.47. The summed E-state index contributed by atoms with van der Waals surface area (Å²) in [4.78, 5) is 12.7. The van der Waals surface area contributed by atoms with Crippen LogP contribution in [0.3, 0.4) is 0 Å². The molecule has 0 fully saturated rings. The zero-order chi connectivity index (χ0) is 24.9. The number of likely N-dealkylation sites (N-methyl/N-ethyl adjacent to an activating group) is 1. The van der Waals surface area contributed by atoms with Crippen molar-refractivity contribution in [1.82, 2.24) is 9.62 Å². The highest BCUT2D eigenvalue weighted by Crippen LogP contribution is 2.31. The average Bonchev–Trinajstić information content (AvgIpc) is 2.80. The molecule has 4 nitrogen and oxygen atoms in total. The number of hydrogen-bond acceptors (Lipinski definition) is 2. The molecule has 1 amide bonds. The van der Waals surface area contributed by atoms with Crippen molar-refractivity contribution >= 4 is 16.9 Å². The average molecular weight is 497 g/mol. The van der Waals surface area contributed by atoms with Gasteiger partial charge in [-0.1, -0.05) is 19.1 Å². The summed E-state index contributed by atoms with van der Waals surface area (Å²) in [6, 6.07) is 13.4. The quantitative estimate of drug-likeness (QED) is 0.430. The van der Waals surface area contributed by atoms with Crippen molar-refractivity contribution in [3.05, 3.63) is 89.5 Å². The van der Waals surface area contributed by atoms with Crippen LogP contribution in [0, 0.1) is 11.6 Å². The maximum Gasteiger partial charge on any atom is 0.416 e. The van der Waals surface area contributed by atoms with E-state index < -0.39 is 40.3 Å². The molecule has 1 unspecified atom stereocenters. The van der Waals surface area contributed by atoms with E-state index in [0.717, 1.165) is 12.1 Å². The van der Waals surface area contributed by atoms with Gasteiger partial charge in [-0.25, -0.2) is 17.3 Å². The van der Waals surface area contributed by atoms with Crippen LogP contribution in [0.1, 0.15) is 18.1 Å². The molecule has 1 atom stereocenters. The Hall–Kier alpha value is -3.11. The van der Waals surface area contributed by atoms with Crippen LogP contribution in [0.2, 0.25) is 0 Å².